The molecule has 0 aliphatic rings. The number of carbonyl (C=O) groups excluding carboxylic acids is 1. The lowest BCUT2D eigenvalue weighted by atomic mass is 9.92. The average molecular weight is 224 g/mol. The van der Waals surface area contributed by atoms with E-state index in [9.17, 15) is 9.90 Å². The molecule has 0 fully saturated rings. The van der Waals surface area contributed by atoms with Crippen molar-refractivity contribution in [2.45, 2.75) is 25.9 Å². The molecule has 0 saturated carbocycles. The SMILES string of the molecule is CCOC(=O)CC(C)(O)c1ccc(O)cc1. The van der Waals surface area contributed by atoms with Gasteiger partial charge in [0.15, 0.2) is 0 Å². The van der Waals surface area contributed by atoms with Gasteiger partial charge in [-0.3, -0.25) is 4.79 Å². The molecule has 1 unspecified atom stereocenters. The van der Waals surface area contributed by atoms with E-state index in [1.807, 2.05) is 0 Å². The number of aromatic hydroxyl groups is 1. The highest BCUT2D eigenvalue weighted by Crippen LogP contribution is 2.26. The van der Waals surface area contributed by atoms with Crippen LogP contribution in [-0.4, -0.2) is 22.8 Å². The van der Waals surface area contributed by atoms with E-state index in [4.69, 9.17) is 9.84 Å². The molecule has 2 N–H and O–H groups in total. The Morgan fingerprint density at radius 3 is 2.44 bits per heavy atom. The van der Waals surface area contributed by atoms with Crippen molar-refractivity contribution in [3.8, 4) is 5.75 Å². The second-order valence-electron chi connectivity index (χ2n) is 3.80. The van der Waals surface area contributed by atoms with E-state index < -0.39 is 11.6 Å². The Labute approximate surface area is 94.5 Å². The molecular weight excluding hydrogens is 208 g/mol. The molecule has 0 aliphatic heterocycles. The van der Waals surface area contributed by atoms with Crippen LogP contribution in [0.15, 0.2) is 24.3 Å². The lowest BCUT2D eigenvalue weighted by Crippen LogP contribution is -2.26. The molecule has 0 spiro atoms. The summed E-state index contributed by atoms with van der Waals surface area (Å²) in [6, 6.07) is 6.09. The molecule has 1 aromatic rings. The number of carbonyl (C=O) groups is 1. The summed E-state index contributed by atoms with van der Waals surface area (Å²) in [7, 11) is 0. The fourth-order valence-electron chi connectivity index (χ4n) is 1.42. The van der Waals surface area contributed by atoms with Crippen LogP contribution < -0.4 is 0 Å². The van der Waals surface area contributed by atoms with Gasteiger partial charge in [-0.05, 0) is 31.5 Å². The first-order valence-corrected chi connectivity index (χ1v) is 5.13. The van der Waals surface area contributed by atoms with Crippen LogP contribution in [0.2, 0.25) is 0 Å². The zero-order chi connectivity index (χ0) is 12.2. The molecule has 1 aromatic carbocycles. The molecule has 0 amide bonds. The van der Waals surface area contributed by atoms with Gasteiger partial charge in [-0.2, -0.15) is 0 Å². The van der Waals surface area contributed by atoms with Crippen LogP contribution in [0, 0.1) is 0 Å². The average Bonchev–Trinajstić information content (AvgIpc) is 2.17. The predicted octanol–water partition coefficient (Wildman–Crippen LogP) is 1.55. The van der Waals surface area contributed by atoms with Crippen LogP contribution in [0.4, 0.5) is 0 Å². The lowest BCUT2D eigenvalue weighted by molar-refractivity contribution is -0.148. The second kappa shape index (κ2) is 4.99. The number of rotatable bonds is 4. The van der Waals surface area contributed by atoms with E-state index >= 15 is 0 Å². The smallest absolute Gasteiger partial charge is 0.309 e. The Morgan fingerprint density at radius 1 is 1.38 bits per heavy atom. The summed E-state index contributed by atoms with van der Waals surface area (Å²) in [5.41, 5.74) is -0.710. The van der Waals surface area contributed by atoms with Crippen molar-refractivity contribution < 1.29 is 19.7 Å². The molecule has 1 atom stereocenters. The topological polar surface area (TPSA) is 66.8 Å². The standard InChI is InChI=1S/C12H16O4/c1-3-16-11(14)8-12(2,15)9-4-6-10(13)7-5-9/h4-7,13,15H,3,8H2,1-2H3. The Hall–Kier alpha value is -1.55. The Kier molecular flexibility index (Phi) is 3.90. The molecule has 0 heterocycles. The third-order valence-corrected chi connectivity index (χ3v) is 2.28. The fourth-order valence-corrected chi connectivity index (χ4v) is 1.42. The molecule has 16 heavy (non-hydrogen) atoms. The van der Waals surface area contributed by atoms with Gasteiger partial charge in [0.1, 0.15) is 5.75 Å². The minimum Gasteiger partial charge on any atom is -0.508 e. The van der Waals surface area contributed by atoms with Gasteiger partial charge in [0.25, 0.3) is 0 Å². The van der Waals surface area contributed by atoms with Crippen LogP contribution in [0.25, 0.3) is 0 Å². The summed E-state index contributed by atoms with van der Waals surface area (Å²) in [5.74, 6) is -0.323. The van der Waals surface area contributed by atoms with Crippen molar-refractivity contribution >= 4 is 5.97 Å². The molecule has 0 saturated heterocycles. The summed E-state index contributed by atoms with van der Waals surface area (Å²) >= 11 is 0. The maximum absolute atomic E-state index is 11.3. The summed E-state index contributed by atoms with van der Waals surface area (Å²) in [6.45, 7) is 3.55. The van der Waals surface area contributed by atoms with Crippen LogP contribution >= 0.6 is 0 Å². The van der Waals surface area contributed by atoms with Crippen molar-refractivity contribution in [1.82, 2.24) is 0 Å². The zero-order valence-electron chi connectivity index (χ0n) is 9.43. The highest BCUT2D eigenvalue weighted by Gasteiger charge is 2.27. The monoisotopic (exact) mass is 224 g/mol. The number of hydrogen-bond acceptors (Lipinski definition) is 4. The first kappa shape index (κ1) is 12.5. The van der Waals surface area contributed by atoms with Crippen molar-refractivity contribution in [2.24, 2.45) is 0 Å². The summed E-state index contributed by atoms with van der Waals surface area (Å²) in [6.07, 6.45) is -0.106. The molecule has 88 valence electrons. The number of phenolic OH excluding ortho intramolecular Hbond substituents is 1. The van der Waals surface area contributed by atoms with Gasteiger partial charge in [0.05, 0.1) is 18.6 Å². The summed E-state index contributed by atoms with van der Waals surface area (Å²) < 4.78 is 4.77. The number of benzene rings is 1. The molecule has 0 aliphatic carbocycles. The Balaban J connectivity index is 2.76. The number of aliphatic hydroxyl groups is 1. The van der Waals surface area contributed by atoms with E-state index in [0.29, 0.717) is 12.2 Å². The van der Waals surface area contributed by atoms with E-state index in [1.54, 1.807) is 19.1 Å². The van der Waals surface area contributed by atoms with Gasteiger partial charge in [0.2, 0.25) is 0 Å². The van der Waals surface area contributed by atoms with Crippen molar-refractivity contribution in [3.63, 3.8) is 0 Å². The van der Waals surface area contributed by atoms with Gasteiger partial charge in [0, 0.05) is 0 Å². The lowest BCUT2D eigenvalue weighted by Gasteiger charge is -2.22. The first-order chi connectivity index (χ1) is 7.45. The number of ether oxygens (including phenoxy) is 1. The molecule has 1 rings (SSSR count). The Morgan fingerprint density at radius 2 is 1.94 bits per heavy atom. The van der Waals surface area contributed by atoms with E-state index in [-0.39, 0.29) is 12.2 Å². The van der Waals surface area contributed by atoms with Crippen LogP contribution in [0.5, 0.6) is 5.75 Å². The van der Waals surface area contributed by atoms with Crippen molar-refractivity contribution in [1.29, 1.82) is 0 Å². The predicted molar refractivity (Wildman–Crippen MR) is 58.9 cm³/mol. The second-order valence-corrected chi connectivity index (χ2v) is 3.80. The number of phenols is 1. The van der Waals surface area contributed by atoms with Crippen molar-refractivity contribution in [2.75, 3.05) is 6.61 Å². The molecule has 0 radical (unpaired) electrons. The minimum absolute atomic E-state index is 0.106. The molecular formula is C12H16O4. The zero-order valence-corrected chi connectivity index (χ0v) is 9.43. The first-order valence-electron chi connectivity index (χ1n) is 5.13. The van der Waals surface area contributed by atoms with Crippen LogP contribution in [0.3, 0.4) is 0 Å². The Bertz CT molecular complexity index is 354. The minimum atomic E-state index is -1.28. The summed E-state index contributed by atoms with van der Waals surface area (Å²) in [4.78, 5) is 11.3. The highest BCUT2D eigenvalue weighted by molar-refractivity contribution is 5.71. The molecule has 4 heteroatoms. The van der Waals surface area contributed by atoms with Gasteiger partial charge in [-0.1, -0.05) is 12.1 Å². The number of hydrogen-bond donors (Lipinski definition) is 2. The van der Waals surface area contributed by atoms with Crippen LogP contribution in [0.1, 0.15) is 25.8 Å². The largest absolute Gasteiger partial charge is 0.508 e. The quantitative estimate of drug-likeness (QED) is 0.761. The van der Waals surface area contributed by atoms with E-state index in [0.717, 1.165) is 0 Å². The fraction of sp³-hybridized carbons (Fsp3) is 0.417. The molecule has 0 aromatic heterocycles. The van der Waals surface area contributed by atoms with E-state index in [1.165, 1.54) is 19.1 Å². The maximum Gasteiger partial charge on any atom is 0.309 e. The van der Waals surface area contributed by atoms with Gasteiger partial charge >= 0.3 is 5.97 Å². The summed E-state index contributed by atoms with van der Waals surface area (Å²) in [5, 5.41) is 19.2. The van der Waals surface area contributed by atoms with Gasteiger partial charge < -0.3 is 14.9 Å². The van der Waals surface area contributed by atoms with Crippen LogP contribution in [-0.2, 0) is 15.1 Å². The van der Waals surface area contributed by atoms with Crippen molar-refractivity contribution in [3.05, 3.63) is 29.8 Å². The normalized spacial score (nSPS) is 14.2. The number of esters is 1. The maximum atomic E-state index is 11.3. The van der Waals surface area contributed by atoms with Gasteiger partial charge in [-0.25, -0.2) is 0 Å². The third kappa shape index (κ3) is 3.24. The molecule has 0 bridgehead atoms. The molecule has 4 nitrogen and oxygen atoms in total. The van der Waals surface area contributed by atoms with E-state index in [2.05, 4.69) is 0 Å². The third-order valence-electron chi connectivity index (χ3n) is 2.28. The highest BCUT2D eigenvalue weighted by atomic mass is 16.5. The van der Waals surface area contributed by atoms with Gasteiger partial charge in [-0.15, -0.1) is 0 Å².